The predicted molar refractivity (Wildman–Crippen MR) is 84.2 cm³/mol. The zero-order valence-electron chi connectivity index (χ0n) is 12.0. The summed E-state index contributed by atoms with van der Waals surface area (Å²) in [5, 5.41) is 15.5. The molecule has 2 aromatic rings. The molecule has 0 unspecified atom stereocenters. The monoisotopic (exact) mass is 335 g/mol. The van der Waals surface area contributed by atoms with Gasteiger partial charge in [-0.2, -0.15) is 5.10 Å². The number of carbonyl (C=O) groups excluding carboxylic acids is 1. The number of aromatic nitrogens is 2. The van der Waals surface area contributed by atoms with E-state index in [1.165, 1.54) is 12.1 Å². The molecule has 8 heteroatoms. The number of carboxylic acids is 1. The van der Waals surface area contributed by atoms with Gasteiger partial charge in [-0.25, -0.2) is 4.68 Å². The van der Waals surface area contributed by atoms with Crippen LogP contribution in [0.4, 0.5) is 0 Å². The molecule has 0 aliphatic heterocycles. The summed E-state index contributed by atoms with van der Waals surface area (Å²) in [5.41, 5.74) is 0.678. The minimum Gasteiger partial charge on any atom is -0.481 e. The van der Waals surface area contributed by atoms with Gasteiger partial charge >= 0.3 is 5.97 Å². The van der Waals surface area contributed by atoms with Crippen molar-refractivity contribution in [3.8, 4) is 11.3 Å². The van der Waals surface area contributed by atoms with Gasteiger partial charge in [0.25, 0.3) is 5.56 Å². The molecule has 1 aromatic heterocycles. The van der Waals surface area contributed by atoms with E-state index in [1.54, 1.807) is 24.3 Å². The summed E-state index contributed by atoms with van der Waals surface area (Å²) in [7, 11) is 0. The molecular weight excluding hydrogens is 322 g/mol. The molecule has 1 amide bonds. The van der Waals surface area contributed by atoms with Gasteiger partial charge in [0.15, 0.2) is 0 Å². The summed E-state index contributed by atoms with van der Waals surface area (Å²) >= 11 is 6.09. The molecule has 23 heavy (non-hydrogen) atoms. The maximum atomic E-state index is 11.8. The quantitative estimate of drug-likeness (QED) is 0.824. The first-order chi connectivity index (χ1) is 11.0. The van der Waals surface area contributed by atoms with Gasteiger partial charge in [-0.3, -0.25) is 14.4 Å². The van der Waals surface area contributed by atoms with Crippen LogP contribution in [-0.2, 0) is 16.1 Å². The fraction of sp³-hybridized carbons (Fsp3) is 0.200. The van der Waals surface area contributed by atoms with Crippen molar-refractivity contribution in [2.75, 3.05) is 6.54 Å². The highest BCUT2D eigenvalue weighted by molar-refractivity contribution is 6.33. The average molecular weight is 336 g/mol. The first-order valence-electron chi connectivity index (χ1n) is 6.79. The number of carbonyl (C=O) groups is 2. The molecule has 1 aromatic carbocycles. The van der Waals surface area contributed by atoms with Crippen LogP contribution in [0.15, 0.2) is 41.2 Å². The minimum absolute atomic E-state index is 0.00682. The van der Waals surface area contributed by atoms with Crippen LogP contribution in [0.1, 0.15) is 6.42 Å². The Morgan fingerprint density at radius 3 is 2.65 bits per heavy atom. The van der Waals surface area contributed by atoms with E-state index in [1.807, 2.05) is 0 Å². The normalized spacial score (nSPS) is 10.3. The second-order valence-corrected chi connectivity index (χ2v) is 5.10. The molecule has 2 rings (SSSR count). The Morgan fingerprint density at radius 1 is 1.22 bits per heavy atom. The lowest BCUT2D eigenvalue weighted by atomic mass is 10.1. The standard InChI is InChI=1S/C15H14ClN3O4/c16-11-4-2-1-3-10(11)12-5-6-14(21)19(18-12)9-13(20)17-8-7-15(22)23/h1-6H,7-9H2,(H,17,20)(H,22,23). The molecule has 0 aliphatic rings. The lowest BCUT2D eigenvalue weighted by Gasteiger charge is -2.08. The summed E-state index contributed by atoms with van der Waals surface area (Å²) in [6, 6.07) is 9.85. The van der Waals surface area contributed by atoms with Gasteiger partial charge in [0, 0.05) is 18.2 Å². The first kappa shape index (κ1) is 16.7. The van der Waals surface area contributed by atoms with Crippen molar-refractivity contribution in [1.82, 2.24) is 15.1 Å². The van der Waals surface area contributed by atoms with Crippen molar-refractivity contribution >= 4 is 23.5 Å². The Bertz CT molecular complexity index is 788. The van der Waals surface area contributed by atoms with Gasteiger partial charge in [-0.1, -0.05) is 29.8 Å². The summed E-state index contributed by atoms with van der Waals surface area (Å²) in [6.07, 6.45) is -0.187. The Morgan fingerprint density at radius 2 is 1.96 bits per heavy atom. The summed E-state index contributed by atoms with van der Waals surface area (Å²) in [6.45, 7) is -0.302. The Kier molecular flexibility index (Phi) is 5.48. The third-order valence-electron chi connectivity index (χ3n) is 2.97. The van der Waals surface area contributed by atoms with E-state index in [0.717, 1.165) is 4.68 Å². The molecule has 0 fully saturated rings. The van der Waals surface area contributed by atoms with Crippen LogP contribution in [-0.4, -0.2) is 33.3 Å². The van der Waals surface area contributed by atoms with E-state index in [-0.39, 0.29) is 19.5 Å². The Labute approximate surface area is 136 Å². The van der Waals surface area contributed by atoms with Crippen molar-refractivity contribution in [1.29, 1.82) is 0 Å². The number of aliphatic carboxylic acids is 1. The van der Waals surface area contributed by atoms with E-state index in [2.05, 4.69) is 10.4 Å². The van der Waals surface area contributed by atoms with Crippen LogP contribution in [0.5, 0.6) is 0 Å². The fourth-order valence-electron chi connectivity index (χ4n) is 1.88. The number of carboxylic acid groups (broad SMARTS) is 1. The zero-order chi connectivity index (χ0) is 16.8. The van der Waals surface area contributed by atoms with Crippen molar-refractivity contribution in [3.63, 3.8) is 0 Å². The van der Waals surface area contributed by atoms with Crippen molar-refractivity contribution < 1.29 is 14.7 Å². The van der Waals surface area contributed by atoms with Crippen LogP contribution in [0.3, 0.4) is 0 Å². The van der Waals surface area contributed by atoms with Crippen LogP contribution in [0.25, 0.3) is 11.3 Å². The number of nitrogens with one attached hydrogen (secondary N) is 1. The van der Waals surface area contributed by atoms with E-state index in [4.69, 9.17) is 16.7 Å². The van der Waals surface area contributed by atoms with Crippen LogP contribution < -0.4 is 10.9 Å². The molecule has 0 bridgehead atoms. The maximum Gasteiger partial charge on any atom is 0.305 e. The molecule has 0 saturated carbocycles. The van der Waals surface area contributed by atoms with Crippen LogP contribution in [0.2, 0.25) is 5.02 Å². The molecule has 2 N–H and O–H groups in total. The molecule has 0 aliphatic carbocycles. The SMILES string of the molecule is O=C(O)CCNC(=O)Cn1nc(-c2ccccc2Cl)ccc1=O. The molecule has 120 valence electrons. The van der Waals surface area contributed by atoms with Crippen molar-refractivity contribution in [3.05, 3.63) is 51.8 Å². The fourth-order valence-corrected chi connectivity index (χ4v) is 2.11. The van der Waals surface area contributed by atoms with E-state index in [0.29, 0.717) is 16.3 Å². The predicted octanol–water partition coefficient (Wildman–Crippen LogP) is 1.15. The third-order valence-corrected chi connectivity index (χ3v) is 3.30. The topological polar surface area (TPSA) is 101 Å². The van der Waals surface area contributed by atoms with Crippen molar-refractivity contribution in [2.45, 2.75) is 13.0 Å². The van der Waals surface area contributed by atoms with Gasteiger partial charge in [0.1, 0.15) is 6.54 Å². The van der Waals surface area contributed by atoms with Crippen LogP contribution >= 0.6 is 11.6 Å². The second-order valence-electron chi connectivity index (χ2n) is 4.69. The largest absolute Gasteiger partial charge is 0.481 e. The summed E-state index contributed by atoms with van der Waals surface area (Å²) in [4.78, 5) is 33.9. The molecule has 0 radical (unpaired) electrons. The lowest BCUT2D eigenvalue weighted by Crippen LogP contribution is -2.34. The summed E-state index contributed by atoms with van der Waals surface area (Å²) < 4.78 is 1.01. The summed E-state index contributed by atoms with van der Waals surface area (Å²) in [5.74, 6) is -1.50. The number of hydrogen-bond acceptors (Lipinski definition) is 4. The molecule has 0 atom stereocenters. The van der Waals surface area contributed by atoms with Gasteiger partial charge in [0.2, 0.25) is 5.91 Å². The van der Waals surface area contributed by atoms with E-state index in [9.17, 15) is 14.4 Å². The van der Waals surface area contributed by atoms with E-state index < -0.39 is 17.4 Å². The van der Waals surface area contributed by atoms with Crippen molar-refractivity contribution in [2.24, 2.45) is 0 Å². The lowest BCUT2D eigenvalue weighted by molar-refractivity contribution is -0.136. The molecule has 0 saturated heterocycles. The molecule has 1 heterocycles. The Balaban J connectivity index is 2.15. The van der Waals surface area contributed by atoms with Gasteiger partial charge in [-0.05, 0) is 12.1 Å². The number of nitrogens with zero attached hydrogens (tertiary/aromatic N) is 2. The first-order valence-corrected chi connectivity index (χ1v) is 7.17. The molecule has 0 spiro atoms. The van der Waals surface area contributed by atoms with Gasteiger partial charge in [0.05, 0.1) is 17.1 Å². The second kappa shape index (κ2) is 7.55. The highest BCUT2D eigenvalue weighted by atomic mass is 35.5. The zero-order valence-corrected chi connectivity index (χ0v) is 12.8. The minimum atomic E-state index is -1.01. The highest BCUT2D eigenvalue weighted by Crippen LogP contribution is 2.24. The molecular formula is C15H14ClN3O4. The Hall–Kier alpha value is -2.67. The van der Waals surface area contributed by atoms with E-state index >= 15 is 0 Å². The number of hydrogen-bond donors (Lipinski definition) is 2. The molecule has 7 nitrogen and oxygen atoms in total. The highest BCUT2D eigenvalue weighted by Gasteiger charge is 2.10. The third kappa shape index (κ3) is 4.65. The number of amides is 1. The van der Waals surface area contributed by atoms with Gasteiger partial charge < -0.3 is 10.4 Å². The number of halogens is 1. The van der Waals surface area contributed by atoms with Crippen LogP contribution in [0, 0.1) is 0 Å². The average Bonchev–Trinajstić information content (AvgIpc) is 2.50. The number of rotatable bonds is 6. The maximum absolute atomic E-state index is 11.8. The smallest absolute Gasteiger partial charge is 0.305 e. The number of benzene rings is 1. The van der Waals surface area contributed by atoms with Gasteiger partial charge in [-0.15, -0.1) is 0 Å².